The molecular formula is C15H20FNO2S2. The lowest BCUT2D eigenvalue weighted by Crippen LogP contribution is -2.17. The second-order valence-corrected chi connectivity index (χ2v) is 8.64. The Hall–Kier alpha value is -0.980. The summed E-state index contributed by atoms with van der Waals surface area (Å²) in [6, 6.07) is 6.93. The molecule has 0 fully saturated rings. The fraction of sp³-hybridized carbons (Fsp3) is 0.467. The van der Waals surface area contributed by atoms with Gasteiger partial charge >= 0.3 is 0 Å². The van der Waals surface area contributed by atoms with E-state index in [9.17, 15) is 12.8 Å². The van der Waals surface area contributed by atoms with Gasteiger partial charge in [-0.25, -0.2) is 12.8 Å². The van der Waals surface area contributed by atoms with Crippen LogP contribution in [0.5, 0.6) is 0 Å². The summed E-state index contributed by atoms with van der Waals surface area (Å²) in [4.78, 5) is 1.12. The van der Waals surface area contributed by atoms with Crippen molar-refractivity contribution >= 4 is 31.3 Å². The minimum atomic E-state index is -2.91. The molecule has 0 amide bonds. The van der Waals surface area contributed by atoms with Gasteiger partial charge in [-0.15, -0.1) is 11.3 Å². The minimum absolute atomic E-state index is 0.109. The molecule has 0 saturated heterocycles. The molecule has 0 radical (unpaired) electrons. The lowest BCUT2D eigenvalue weighted by molar-refractivity contribution is 0.542. The van der Waals surface area contributed by atoms with Crippen molar-refractivity contribution in [2.75, 3.05) is 18.6 Å². The topological polar surface area (TPSA) is 46.2 Å². The van der Waals surface area contributed by atoms with Crippen molar-refractivity contribution in [1.82, 2.24) is 5.32 Å². The second-order valence-electron chi connectivity index (χ2n) is 5.05. The van der Waals surface area contributed by atoms with Crippen LogP contribution in [-0.4, -0.2) is 27.0 Å². The maximum Gasteiger partial charge on any atom is 0.150 e. The summed E-state index contributed by atoms with van der Waals surface area (Å²) < 4.78 is 37.2. The first-order valence-corrected chi connectivity index (χ1v) is 9.65. The molecular weight excluding hydrogens is 309 g/mol. The highest BCUT2D eigenvalue weighted by atomic mass is 32.2. The molecule has 0 saturated carbocycles. The zero-order valence-electron chi connectivity index (χ0n) is 12.2. The van der Waals surface area contributed by atoms with Gasteiger partial charge < -0.3 is 5.32 Å². The third-order valence-corrected chi connectivity index (χ3v) is 6.58. The zero-order valence-corrected chi connectivity index (χ0v) is 13.9. The highest BCUT2D eigenvalue weighted by Crippen LogP contribution is 2.32. The molecule has 1 N–H and O–H groups in total. The predicted octanol–water partition coefficient (Wildman–Crippen LogP) is 3.52. The number of hydrogen-bond donors (Lipinski definition) is 1. The van der Waals surface area contributed by atoms with Crippen LogP contribution in [0.3, 0.4) is 0 Å². The fourth-order valence-corrected chi connectivity index (χ4v) is 4.41. The highest BCUT2D eigenvalue weighted by Gasteiger charge is 2.15. The standard InChI is InChI=1S/C15H20FNO2S2/c1-3-21(18,19)8-4-5-13(17-2)15-9-11-6-7-12(16)10-14(11)20-15/h6-7,9-10,13,17H,3-5,8H2,1-2H3. The average molecular weight is 329 g/mol. The largest absolute Gasteiger partial charge is 0.312 e. The van der Waals surface area contributed by atoms with Gasteiger partial charge in [-0.3, -0.25) is 0 Å². The molecule has 0 aliphatic heterocycles. The first-order valence-electron chi connectivity index (χ1n) is 7.02. The van der Waals surface area contributed by atoms with Crippen LogP contribution in [0.25, 0.3) is 10.1 Å². The third kappa shape index (κ3) is 4.25. The normalized spacial score (nSPS) is 13.7. The fourth-order valence-electron chi connectivity index (χ4n) is 2.28. The molecule has 2 aromatic rings. The van der Waals surface area contributed by atoms with E-state index in [0.717, 1.165) is 21.4 Å². The SMILES string of the molecule is CCS(=O)(=O)CCCC(NC)c1cc2ccc(F)cc2s1. The summed E-state index contributed by atoms with van der Waals surface area (Å²) >= 11 is 1.56. The number of sulfone groups is 1. The molecule has 1 heterocycles. The van der Waals surface area contributed by atoms with E-state index in [1.54, 1.807) is 24.3 Å². The summed E-state index contributed by atoms with van der Waals surface area (Å²) in [5.74, 6) is 0.187. The van der Waals surface area contributed by atoms with Crippen LogP contribution in [0.2, 0.25) is 0 Å². The molecule has 6 heteroatoms. The van der Waals surface area contributed by atoms with E-state index in [0.29, 0.717) is 6.42 Å². The second kappa shape index (κ2) is 6.85. The van der Waals surface area contributed by atoms with Crippen molar-refractivity contribution in [2.24, 2.45) is 0 Å². The van der Waals surface area contributed by atoms with Crippen molar-refractivity contribution in [3.8, 4) is 0 Å². The zero-order chi connectivity index (χ0) is 15.5. The molecule has 1 unspecified atom stereocenters. The van der Waals surface area contributed by atoms with E-state index in [2.05, 4.69) is 11.4 Å². The molecule has 0 spiro atoms. The van der Waals surface area contributed by atoms with Crippen LogP contribution in [0.1, 0.15) is 30.7 Å². The van der Waals surface area contributed by atoms with Crippen molar-refractivity contribution in [3.05, 3.63) is 35.0 Å². The summed E-state index contributed by atoms with van der Waals surface area (Å²) in [6.07, 6.45) is 1.38. The summed E-state index contributed by atoms with van der Waals surface area (Å²) in [5.41, 5.74) is 0. The lowest BCUT2D eigenvalue weighted by Gasteiger charge is -2.14. The Morgan fingerprint density at radius 1 is 1.33 bits per heavy atom. The summed E-state index contributed by atoms with van der Waals surface area (Å²) in [6.45, 7) is 1.67. The lowest BCUT2D eigenvalue weighted by atomic mass is 10.1. The Morgan fingerprint density at radius 3 is 2.76 bits per heavy atom. The summed E-state index contributed by atoms with van der Waals surface area (Å²) in [7, 11) is -1.04. The molecule has 0 aliphatic rings. The molecule has 21 heavy (non-hydrogen) atoms. The van der Waals surface area contributed by atoms with Crippen LogP contribution < -0.4 is 5.32 Å². The molecule has 0 bridgehead atoms. The number of thiophene rings is 1. The van der Waals surface area contributed by atoms with Gasteiger partial charge in [-0.2, -0.15) is 0 Å². The van der Waals surface area contributed by atoms with Gasteiger partial charge in [0.1, 0.15) is 15.7 Å². The van der Waals surface area contributed by atoms with Crippen LogP contribution in [-0.2, 0) is 9.84 Å². The Morgan fingerprint density at radius 2 is 2.10 bits per heavy atom. The van der Waals surface area contributed by atoms with E-state index < -0.39 is 9.84 Å². The minimum Gasteiger partial charge on any atom is -0.312 e. The van der Waals surface area contributed by atoms with E-state index in [1.165, 1.54) is 12.1 Å². The van der Waals surface area contributed by atoms with Gasteiger partial charge in [0.2, 0.25) is 0 Å². The average Bonchev–Trinajstić information content (AvgIpc) is 2.86. The molecule has 2 rings (SSSR count). The van der Waals surface area contributed by atoms with Gasteiger partial charge in [-0.1, -0.05) is 13.0 Å². The van der Waals surface area contributed by atoms with E-state index in [1.807, 2.05) is 7.05 Å². The quantitative estimate of drug-likeness (QED) is 0.845. The van der Waals surface area contributed by atoms with E-state index in [4.69, 9.17) is 0 Å². The Bertz CT molecular complexity index is 710. The van der Waals surface area contributed by atoms with Gasteiger partial charge in [0.25, 0.3) is 0 Å². The Labute approximate surface area is 129 Å². The summed E-state index contributed by atoms with van der Waals surface area (Å²) in [5, 5.41) is 4.25. The van der Waals surface area contributed by atoms with Gasteiger partial charge in [0.15, 0.2) is 0 Å². The highest BCUT2D eigenvalue weighted by molar-refractivity contribution is 7.91. The number of rotatable bonds is 7. The molecule has 3 nitrogen and oxygen atoms in total. The van der Waals surface area contributed by atoms with Crippen molar-refractivity contribution in [1.29, 1.82) is 0 Å². The number of hydrogen-bond acceptors (Lipinski definition) is 4. The monoisotopic (exact) mass is 329 g/mol. The predicted molar refractivity (Wildman–Crippen MR) is 87.1 cm³/mol. The van der Waals surface area contributed by atoms with Gasteiger partial charge in [0.05, 0.1) is 5.75 Å². The first kappa shape index (κ1) is 16.4. The van der Waals surface area contributed by atoms with Crippen molar-refractivity contribution < 1.29 is 12.8 Å². The molecule has 0 aliphatic carbocycles. The third-order valence-electron chi connectivity index (χ3n) is 3.58. The maximum absolute atomic E-state index is 13.2. The van der Waals surface area contributed by atoms with Crippen molar-refractivity contribution in [3.63, 3.8) is 0 Å². The van der Waals surface area contributed by atoms with Crippen LogP contribution in [0.4, 0.5) is 4.39 Å². The number of nitrogens with one attached hydrogen (secondary N) is 1. The Balaban J connectivity index is 2.09. The Kier molecular flexibility index (Phi) is 5.35. The van der Waals surface area contributed by atoms with Crippen LogP contribution in [0, 0.1) is 5.82 Å². The van der Waals surface area contributed by atoms with Crippen LogP contribution >= 0.6 is 11.3 Å². The van der Waals surface area contributed by atoms with Gasteiger partial charge in [-0.05, 0) is 43.5 Å². The smallest absolute Gasteiger partial charge is 0.150 e. The first-order chi connectivity index (χ1) is 9.95. The molecule has 1 aromatic heterocycles. The van der Waals surface area contributed by atoms with Crippen LogP contribution in [0.15, 0.2) is 24.3 Å². The van der Waals surface area contributed by atoms with E-state index >= 15 is 0 Å². The van der Waals surface area contributed by atoms with Gasteiger partial charge in [0, 0.05) is 21.4 Å². The molecule has 116 valence electrons. The molecule has 1 aromatic carbocycles. The number of fused-ring (bicyclic) bond motifs is 1. The maximum atomic E-state index is 13.2. The molecule has 1 atom stereocenters. The number of halogens is 1. The number of benzene rings is 1. The van der Waals surface area contributed by atoms with Crippen molar-refractivity contribution in [2.45, 2.75) is 25.8 Å². The van der Waals surface area contributed by atoms with E-state index in [-0.39, 0.29) is 23.4 Å².